The maximum Gasteiger partial charge on any atom is 0.223 e. The van der Waals surface area contributed by atoms with Crippen LogP contribution in [0, 0.1) is 11.8 Å². The molecule has 0 aliphatic heterocycles. The number of nitrogens with zero attached hydrogens (tertiary/aromatic N) is 1. The van der Waals surface area contributed by atoms with Crippen LogP contribution in [0.3, 0.4) is 0 Å². The largest absolute Gasteiger partial charge is 0.357 e. The number of rotatable bonds is 8. The number of carbonyl (C=O) groups is 1. The Morgan fingerprint density at radius 3 is 2.40 bits per heavy atom. The summed E-state index contributed by atoms with van der Waals surface area (Å²) in [6.07, 6.45) is 3.20. The lowest BCUT2D eigenvalue weighted by molar-refractivity contribution is -0.122. The standard InChI is InChI=1S/C14H28N4O.HI/c1-4-15-14(17-8-7-11(2)3)18-10-9-16-13(19)12-5-6-12;/h11-12H,4-10H2,1-3H3,(H,16,19)(H2,15,17,18);1H. The van der Waals surface area contributed by atoms with Gasteiger partial charge in [0.25, 0.3) is 0 Å². The summed E-state index contributed by atoms with van der Waals surface area (Å²) in [6.45, 7) is 9.50. The maximum absolute atomic E-state index is 11.4. The molecule has 20 heavy (non-hydrogen) atoms. The minimum Gasteiger partial charge on any atom is -0.357 e. The van der Waals surface area contributed by atoms with Crippen molar-refractivity contribution >= 4 is 35.8 Å². The van der Waals surface area contributed by atoms with Crippen LogP contribution in [0.4, 0.5) is 0 Å². The van der Waals surface area contributed by atoms with Crippen LogP contribution in [0.1, 0.15) is 40.0 Å². The van der Waals surface area contributed by atoms with E-state index in [4.69, 9.17) is 0 Å². The van der Waals surface area contributed by atoms with E-state index in [1.54, 1.807) is 0 Å². The zero-order valence-corrected chi connectivity index (χ0v) is 15.2. The molecule has 118 valence electrons. The van der Waals surface area contributed by atoms with E-state index in [-0.39, 0.29) is 35.8 Å². The predicted octanol–water partition coefficient (Wildman–Crippen LogP) is 1.73. The van der Waals surface area contributed by atoms with Gasteiger partial charge in [0.1, 0.15) is 0 Å². The fourth-order valence-electron chi connectivity index (χ4n) is 1.63. The Balaban J connectivity index is 0.00000361. The summed E-state index contributed by atoms with van der Waals surface area (Å²) >= 11 is 0. The lowest BCUT2D eigenvalue weighted by Crippen LogP contribution is -2.41. The van der Waals surface area contributed by atoms with Gasteiger partial charge in [0.05, 0.1) is 0 Å². The highest BCUT2D eigenvalue weighted by atomic mass is 127. The zero-order chi connectivity index (χ0) is 14.1. The molecular formula is C14H29IN4O. The second-order valence-electron chi connectivity index (χ2n) is 5.44. The van der Waals surface area contributed by atoms with Crippen molar-refractivity contribution in [3.05, 3.63) is 0 Å². The minimum atomic E-state index is 0. The molecule has 0 unspecified atom stereocenters. The molecule has 1 aliphatic carbocycles. The predicted molar refractivity (Wildman–Crippen MR) is 94.6 cm³/mol. The van der Waals surface area contributed by atoms with Crippen LogP contribution >= 0.6 is 24.0 Å². The third-order valence-electron chi connectivity index (χ3n) is 2.99. The van der Waals surface area contributed by atoms with Crippen LogP contribution in [0.2, 0.25) is 0 Å². The quantitative estimate of drug-likeness (QED) is 0.253. The second-order valence-corrected chi connectivity index (χ2v) is 5.44. The molecule has 0 aromatic carbocycles. The topological polar surface area (TPSA) is 65.5 Å². The number of guanidine groups is 1. The van der Waals surface area contributed by atoms with E-state index in [0.717, 1.165) is 38.3 Å². The van der Waals surface area contributed by atoms with Crippen LogP contribution in [0.5, 0.6) is 0 Å². The summed E-state index contributed by atoms with van der Waals surface area (Å²) in [4.78, 5) is 15.9. The van der Waals surface area contributed by atoms with E-state index in [9.17, 15) is 4.79 Å². The lowest BCUT2D eigenvalue weighted by Gasteiger charge is -2.12. The Labute approximate surface area is 139 Å². The fourth-order valence-corrected chi connectivity index (χ4v) is 1.63. The van der Waals surface area contributed by atoms with Crippen molar-refractivity contribution in [2.24, 2.45) is 16.8 Å². The summed E-state index contributed by atoms with van der Waals surface area (Å²) in [7, 11) is 0. The van der Waals surface area contributed by atoms with Gasteiger partial charge in [-0.25, -0.2) is 0 Å². The van der Waals surface area contributed by atoms with Crippen LogP contribution in [-0.2, 0) is 4.79 Å². The van der Waals surface area contributed by atoms with Crippen LogP contribution < -0.4 is 16.0 Å². The molecule has 1 saturated carbocycles. The first kappa shape index (κ1) is 19.5. The van der Waals surface area contributed by atoms with Gasteiger partial charge in [-0.15, -0.1) is 24.0 Å². The van der Waals surface area contributed by atoms with E-state index in [0.29, 0.717) is 19.0 Å². The Morgan fingerprint density at radius 2 is 1.85 bits per heavy atom. The van der Waals surface area contributed by atoms with Crippen molar-refractivity contribution in [2.75, 3.05) is 26.2 Å². The average Bonchev–Trinajstić information content (AvgIpc) is 3.17. The van der Waals surface area contributed by atoms with Crippen molar-refractivity contribution < 1.29 is 4.79 Å². The Bertz CT molecular complexity index is 304. The maximum atomic E-state index is 11.4. The molecule has 5 nitrogen and oxygen atoms in total. The van der Waals surface area contributed by atoms with E-state index in [1.165, 1.54) is 0 Å². The smallest absolute Gasteiger partial charge is 0.223 e. The summed E-state index contributed by atoms with van der Waals surface area (Å²) < 4.78 is 0. The van der Waals surface area contributed by atoms with E-state index < -0.39 is 0 Å². The Morgan fingerprint density at radius 1 is 1.20 bits per heavy atom. The highest BCUT2D eigenvalue weighted by molar-refractivity contribution is 14.0. The number of aliphatic imine (C=N–C) groups is 1. The molecule has 0 spiro atoms. The number of hydrogen-bond donors (Lipinski definition) is 3. The molecular weight excluding hydrogens is 367 g/mol. The van der Waals surface area contributed by atoms with Gasteiger partial charge >= 0.3 is 0 Å². The third kappa shape index (κ3) is 9.39. The van der Waals surface area contributed by atoms with Gasteiger partial charge in [-0.1, -0.05) is 13.8 Å². The molecule has 3 N–H and O–H groups in total. The highest BCUT2D eigenvalue weighted by Gasteiger charge is 2.28. The van der Waals surface area contributed by atoms with Crippen molar-refractivity contribution in [3.63, 3.8) is 0 Å². The molecule has 0 heterocycles. The van der Waals surface area contributed by atoms with Gasteiger partial charge in [0.2, 0.25) is 5.91 Å². The molecule has 0 atom stereocenters. The number of nitrogens with one attached hydrogen (secondary N) is 3. The SMILES string of the molecule is CCNC(=NCCC(C)C)NCCNC(=O)C1CC1.I. The van der Waals surface area contributed by atoms with Gasteiger partial charge in [0, 0.05) is 32.1 Å². The van der Waals surface area contributed by atoms with Gasteiger partial charge in [-0.3, -0.25) is 9.79 Å². The molecule has 0 aromatic heterocycles. The van der Waals surface area contributed by atoms with Crippen molar-refractivity contribution in [2.45, 2.75) is 40.0 Å². The molecule has 6 heteroatoms. The van der Waals surface area contributed by atoms with Crippen LogP contribution in [0.15, 0.2) is 4.99 Å². The van der Waals surface area contributed by atoms with Crippen molar-refractivity contribution in [1.29, 1.82) is 0 Å². The van der Waals surface area contributed by atoms with E-state index in [2.05, 4.69) is 41.7 Å². The normalized spacial score (nSPS) is 14.7. The van der Waals surface area contributed by atoms with Crippen molar-refractivity contribution in [3.8, 4) is 0 Å². The third-order valence-corrected chi connectivity index (χ3v) is 2.99. The van der Waals surface area contributed by atoms with Gasteiger partial charge in [0.15, 0.2) is 5.96 Å². The number of carbonyl (C=O) groups excluding carboxylic acids is 1. The monoisotopic (exact) mass is 396 g/mol. The fraction of sp³-hybridized carbons (Fsp3) is 0.857. The molecule has 0 aromatic rings. The first-order valence-electron chi connectivity index (χ1n) is 7.43. The molecule has 1 rings (SSSR count). The molecule has 1 amide bonds. The summed E-state index contributed by atoms with van der Waals surface area (Å²) in [5.74, 6) is 1.99. The lowest BCUT2D eigenvalue weighted by atomic mass is 10.1. The van der Waals surface area contributed by atoms with Gasteiger partial charge in [-0.2, -0.15) is 0 Å². The molecule has 0 radical (unpaired) electrons. The first-order valence-corrected chi connectivity index (χ1v) is 7.43. The highest BCUT2D eigenvalue weighted by Crippen LogP contribution is 2.28. The molecule has 0 bridgehead atoms. The summed E-state index contributed by atoms with van der Waals surface area (Å²) in [5, 5.41) is 9.37. The number of halogens is 1. The number of amides is 1. The Hall–Kier alpha value is -0.530. The second kappa shape index (κ2) is 11.2. The molecule has 1 aliphatic rings. The zero-order valence-electron chi connectivity index (χ0n) is 12.9. The van der Waals surface area contributed by atoms with Gasteiger partial charge < -0.3 is 16.0 Å². The average molecular weight is 396 g/mol. The summed E-state index contributed by atoms with van der Waals surface area (Å²) in [5.41, 5.74) is 0. The van der Waals surface area contributed by atoms with E-state index in [1.807, 2.05) is 0 Å². The minimum absolute atomic E-state index is 0. The van der Waals surface area contributed by atoms with E-state index >= 15 is 0 Å². The number of hydrogen-bond acceptors (Lipinski definition) is 2. The van der Waals surface area contributed by atoms with Crippen LogP contribution in [-0.4, -0.2) is 38.0 Å². The van der Waals surface area contributed by atoms with Crippen LogP contribution in [0.25, 0.3) is 0 Å². The molecule has 1 fully saturated rings. The Kier molecular flexibility index (Phi) is 10.9. The summed E-state index contributed by atoms with van der Waals surface area (Å²) in [6, 6.07) is 0. The molecule has 0 saturated heterocycles. The van der Waals surface area contributed by atoms with Crippen molar-refractivity contribution in [1.82, 2.24) is 16.0 Å². The first-order chi connectivity index (χ1) is 9.13. The van der Waals surface area contributed by atoms with Gasteiger partial charge in [-0.05, 0) is 32.1 Å².